The topological polar surface area (TPSA) is 64.1 Å². The van der Waals surface area contributed by atoms with E-state index >= 15 is 0 Å². The van der Waals surface area contributed by atoms with Crippen molar-refractivity contribution in [1.82, 2.24) is 4.98 Å². The summed E-state index contributed by atoms with van der Waals surface area (Å²) in [5.74, 6) is -6.63. The summed E-state index contributed by atoms with van der Waals surface area (Å²) in [5, 5.41) is 0. The molecule has 0 amide bonds. The Balaban J connectivity index is 0.000000406. The fraction of sp³-hybridized carbons (Fsp3) is 0.333. The van der Waals surface area contributed by atoms with E-state index in [2.05, 4.69) is 4.98 Å². The number of hydrogen-bond acceptors (Lipinski definition) is 4. The number of alkyl halides is 6. The van der Waals surface area contributed by atoms with Crippen LogP contribution in [0.2, 0.25) is 0 Å². The van der Waals surface area contributed by atoms with E-state index in [0.717, 1.165) is 5.56 Å². The molecule has 0 aromatic carbocycles. The molecule has 1 aromatic heterocycles. The first-order valence-electron chi connectivity index (χ1n) is 5.46. The minimum atomic E-state index is -5.77. The molecule has 4 nitrogen and oxygen atoms in total. The lowest BCUT2D eigenvalue weighted by Crippen LogP contribution is -2.39. The summed E-state index contributed by atoms with van der Waals surface area (Å²) in [6, 6.07) is 3.70. The molecule has 0 atom stereocenters. The maximum Gasteiger partial charge on any atom is 0.458 e. The second-order valence-corrected chi connectivity index (χ2v) is 3.89. The second kappa shape index (κ2) is 7.66. The number of pyridine rings is 1. The Labute approximate surface area is 120 Å². The average Bonchev–Trinajstić information content (AvgIpc) is 2.36. The second-order valence-electron chi connectivity index (χ2n) is 3.89. The number of rotatable bonds is 3. The third kappa shape index (κ3) is 7.50. The lowest BCUT2D eigenvalue weighted by molar-refractivity contribution is -0.193. The number of carbonyl (C=O) groups excluding carboxylic acids is 3. The SMILES string of the molecule is CC(=O)Cc1ccncc1.O=C(C(=O)C(F)(F)F)C(F)(F)F. The van der Waals surface area contributed by atoms with Crippen LogP contribution in [0.3, 0.4) is 0 Å². The first kappa shape index (κ1) is 19.7. The van der Waals surface area contributed by atoms with Crippen LogP contribution in [-0.2, 0) is 20.8 Å². The van der Waals surface area contributed by atoms with E-state index in [1.54, 1.807) is 19.3 Å². The quantitative estimate of drug-likeness (QED) is 0.631. The lowest BCUT2D eigenvalue weighted by atomic mass is 10.1. The van der Waals surface area contributed by atoms with Crippen molar-refractivity contribution in [1.29, 1.82) is 0 Å². The number of halogens is 6. The van der Waals surface area contributed by atoms with Crippen molar-refractivity contribution < 1.29 is 40.7 Å². The highest BCUT2D eigenvalue weighted by Crippen LogP contribution is 2.23. The van der Waals surface area contributed by atoms with Gasteiger partial charge >= 0.3 is 23.9 Å². The molecular weight excluding hydrogens is 320 g/mol. The zero-order valence-corrected chi connectivity index (χ0v) is 11.0. The Morgan fingerprint density at radius 1 is 0.909 bits per heavy atom. The monoisotopic (exact) mass is 329 g/mol. The summed E-state index contributed by atoms with van der Waals surface area (Å²) >= 11 is 0. The van der Waals surface area contributed by atoms with Gasteiger partial charge in [-0.15, -0.1) is 0 Å². The third-order valence-corrected chi connectivity index (χ3v) is 1.92. The molecule has 0 unspecified atom stereocenters. The first-order chi connectivity index (χ1) is 9.85. The number of ketones is 3. The largest absolute Gasteiger partial charge is 0.458 e. The van der Waals surface area contributed by atoms with Crippen LogP contribution in [0, 0.1) is 0 Å². The zero-order chi connectivity index (χ0) is 17.6. The van der Waals surface area contributed by atoms with Crippen LogP contribution >= 0.6 is 0 Å². The maximum atomic E-state index is 11.2. The first-order valence-corrected chi connectivity index (χ1v) is 5.46. The van der Waals surface area contributed by atoms with Gasteiger partial charge in [-0.2, -0.15) is 26.3 Å². The number of Topliss-reactive ketones (excluding diaryl/α,β-unsaturated/α-hetero) is 3. The van der Waals surface area contributed by atoms with E-state index in [1.807, 2.05) is 12.1 Å². The summed E-state index contributed by atoms with van der Waals surface area (Å²) in [7, 11) is 0. The van der Waals surface area contributed by atoms with Gasteiger partial charge in [0.2, 0.25) is 0 Å². The van der Waals surface area contributed by atoms with Gasteiger partial charge in [0.05, 0.1) is 0 Å². The van der Waals surface area contributed by atoms with Crippen LogP contribution in [0.15, 0.2) is 24.5 Å². The number of nitrogens with zero attached hydrogens (tertiary/aromatic N) is 1. The van der Waals surface area contributed by atoms with Gasteiger partial charge in [0.1, 0.15) is 5.78 Å². The van der Waals surface area contributed by atoms with Crippen LogP contribution in [0.4, 0.5) is 26.3 Å². The zero-order valence-electron chi connectivity index (χ0n) is 11.0. The van der Waals surface area contributed by atoms with Crippen LogP contribution in [0.25, 0.3) is 0 Å². The van der Waals surface area contributed by atoms with Crippen molar-refractivity contribution in [2.45, 2.75) is 25.7 Å². The molecule has 0 N–H and O–H groups in total. The van der Waals surface area contributed by atoms with Gasteiger partial charge in [0.15, 0.2) is 0 Å². The Hall–Kier alpha value is -2.26. The smallest absolute Gasteiger partial charge is 0.300 e. The van der Waals surface area contributed by atoms with Crippen LogP contribution < -0.4 is 0 Å². The van der Waals surface area contributed by atoms with Gasteiger partial charge in [0, 0.05) is 18.8 Å². The van der Waals surface area contributed by atoms with Gasteiger partial charge in [-0.25, -0.2) is 0 Å². The van der Waals surface area contributed by atoms with E-state index in [4.69, 9.17) is 0 Å². The van der Waals surface area contributed by atoms with E-state index in [0.29, 0.717) is 6.42 Å². The fourth-order valence-electron chi connectivity index (χ4n) is 1.05. The van der Waals surface area contributed by atoms with Gasteiger partial charge in [0.25, 0.3) is 0 Å². The standard InChI is InChI=1S/C8H9NO.C4F6O2/c1-7(10)6-8-2-4-9-5-3-8;5-3(6,7)1(11)2(12)4(8,9)10/h2-5H,6H2,1H3;. The summed E-state index contributed by atoms with van der Waals surface area (Å²) in [6.45, 7) is 1.58. The van der Waals surface area contributed by atoms with Gasteiger partial charge in [-0.05, 0) is 24.6 Å². The van der Waals surface area contributed by atoms with Crippen molar-refractivity contribution >= 4 is 17.3 Å². The molecule has 10 heteroatoms. The van der Waals surface area contributed by atoms with Crippen molar-refractivity contribution in [2.24, 2.45) is 0 Å². The Morgan fingerprint density at radius 3 is 1.55 bits per heavy atom. The average molecular weight is 329 g/mol. The van der Waals surface area contributed by atoms with Crippen molar-refractivity contribution in [2.75, 3.05) is 0 Å². The molecule has 1 aromatic rings. The van der Waals surface area contributed by atoms with E-state index < -0.39 is 23.9 Å². The summed E-state index contributed by atoms with van der Waals surface area (Å²) in [4.78, 5) is 33.7. The third-order valence-electron chi connectivity index (χ3n) is 1.92. The molecule has 0 aliphatic heterocycles. The number of hydrogen-bond donors (Lipinski definition) is 0. The van der Waals surface area contributed by atoms with E-state index in [1.165, 1.54) is 0 Å². The highest BCUT2D eigenvalue weighted by atomic mass is 19.4. The van der Waals surface area contributed by atoms with Crippen LogP contribution in [0.1, 0.15) is 12.5 Å². The van der Waals surface area contributed by atoms with Gasteiger partial charge in [-0.1, -0.05) is 0 Å². The maximum absolute atomic E-state index is 11.2. The highest BCUT2D eigenvalue weighted by molar-refractivity contribution is 6.41. The number of aromatic nitrogens is 1. The van der Waals surface area contributed by atoms with Gasteiger partial charge < -0.3 is 0 Å². The number of carbonyl (C=O) groups is 3. The molecule has 0 aliphatic carbocycles. The Kier molecular flexibility index (Phi) is 6.88. The van der Waals surface area contributed by atoms with Crippen LogP contribution in [0.5, 0.6) is 0 Å². The molecule has 0 fully saturated rings. The molecule has 0 saturated heterocycles. The molecule has 0 radical (unpaired) electrons. The molecule has 0 saturated carbocycles. The van der Waals surface area contributed by atoms with Gasteiger partial charge in [-0.3, -0.25) is 19.4 Å². The Morgan fingerprint density at radius 2 is 1.27 bits per heavy atom. The highest BCUT2D eigenvalue weighted by Gasteiger charge is 2.54. The predicted molar refractivity (Wildman–Crippen MR) is 60.7 cm³/mol. The molecule has 122 valence electrons. The molecule has 1 rings (SSSR count). The Bertz CT molecular complexity index is 512. The normalized spacial score (nSPS) is 11.2. The fourth-order valence-corrected chi connectivity index (χ4v) is 1.05. The minimum Gasteiger partial charge on any atom is -0.300 e. The van der Waals surface area contributed by atoms with Crippen LogP contribution in [-0.4, -0.2) is 34.7 Å². The molecule has 0 aliphatic rings. The molecular formula is C12H9F6NO3. The van der Waals surface area contributed by atoms with Crippen molar-refractivity contribution in [3.8, 4) is 0 Å². The predicted octanol–water partition coefficient (Wildman–Crippen LogP) is 2.46. The summed E-state index contributed by atoms with van der Waals surface area (Å²) in [5.41, 5.74) is 1.03. The summed E-state index contributed by atoms with van der Waals surface area (Å²) in [6.07, 6.45) is -7.64. The molecule has 1 heterocycles. The molecule has 22 heavy (non-hydrogen) atoms. The molecule has 0 spiro atoms. The molecule has 0 bridgehead atoms. The van der Waals surface area contributed by atoms with E-state index in [9.17, 15) is 40.7 Å². The van der Waals surface area contributed by atoms with E-state index in [-0.39, 0.29) is 5.78 Å². The van der Waals surface area contributed by atoms with Crippen molar-refractivity contribution in [3.63, 3.8) is 0 Å². The van der Waals surface area contributed by atoms with Crippen molar-refractivity contribution in [3.05, 3.63) is 30.1 Å². The minimum absolute atomic E-state index is 0.186. The summed E-state index contributed by atoms with van der Waals surface area (Å²) < 4.78 is 67.0. The lowest BCUT2D eigenvalue weighted by Gasteiger charge is -2.05.